The minimum absolute atomic E-state index is 0.276. The van der Waals surface area contributed by atoms with Crippen molar-refractivity contribution in [3.8, 4) is 0 Å². The number of nitrogens with zero attached hydrogens (tertiary/aromatic N) is 5. The molecular weight excluding hydrogens is 266 g/mol. The highest BCUT2D eigenvalue weighted by atomic mass is 15.3. The first-order valence-corrected chi connectivity index (χ1v) is 7.81. The summed E-state index contributed by atoms with van der Waals surface area (Å²) in [6.45, 7) is 9.09. The summed E-state index contributed by atoms with van der Waals surface area (Å²) in [5, 5.41) is 3.33. The Labute approximate surface area is 127 Å². The summed E-state index contributed by atoms with van der Waals surface area (Å²) in [5.74, 6) is 2.19. The Morgan fingerprint density at radius 2 is 1.86 bits per heavy atom. The second-order valence-electron chi connectivity index (χ2n) is 5.62. The van der Waals surface area contributed by atoms with E-state index in [2.05, 4.69) is 51.0 Å². The van der Waals surface area contributed by atoms with Gasteiger partial charge in [0.2, 0.25) is 17.8 Å². The standard InChI is InChI=1S/C14H27N7/c1-4-21(5-2)14-18-12(15)17-13(19-14)16-10-11-6-8-20(3)9-7-11/h11H,4-10H2,1-3H3,(H3,15,16,17,18,19). The SMILES string of the molecule is CCN(CC)c1nc(N)nc(NCC2CCN(C)CC2)n1. The third-order valence-electron chi connectivity index (χ3n) is 4.07. The smallest absolute Gasteiger partial charge is 0.231 e. The molecule has 0 atom stereocenters. The molecule has 0 bridgehead atoms. The molecule has 7 heteroatoms. The first-order valence-electron chi connectivity index (χ1n) is 7.81. The molecule has 21 heavy (non-hydrogen) atoms. The van der Waals surface area contributed by atoms with Gasteiger partial charge in [-0.1, -0.05) is 0 Å². The fourth-order valence-electron chi connectivity index (χ4n) is 2.61. The molecule has 1 aromatic rings. The largest absolute Gasteiger partial charge is 0.368 e. The van der Waals surface area contributed by atoms with Crippen molar-refractivity contribution in [3.05, 3.63) is 0 Å². The number of rotatable bonds is 6. The van der Waals surface area contributed by atoms with Crippen molar-refractivity contribution in [2.75, 3.05) is 55.7 Å². The van der Waals surface area contributed by atoms with Crippen molar-refractivity contribution >= 4 is 17.8 Å². The van der Waals surface area contributed by atoms with E-state index in [1.165, 1.54) is 12.8 Å². The zero-order chi connectivity index (χ0) is 15.2. The summed E-state index contributed by atoms with van der Waals surface area (Å²) in [6.07, 6.45) is 2.43. The Morgan fingerprint density at radius 3 is 2.48 bits per heavy atom. The van der Waals surface area contributed by atoms with Crippen LogP contribution < -0.4 is 16.0 Å². The number of likely N-dealkylation sites (tertiary alicyclic amines) is 1. The van der Waals surface area contributed by atoms with Crippen molar-refractivity contribution in [2.45, 2.75) is 26.7 Å². The Morgan fingerprint density at radius 1 is 1.19 bits per heavy atom. The molecule has 0 aliphatic carbocycles. The lowest BCUT2D eigenvalue weighted by Gasteiger charge is -2.29. The highest BCUT2D eigenvalue weighted by Crippen LogP contribution is 2.17. The van der Waals surface area contributed by atoms with Crippen molar-refractivity contribution in [1.29, 1.82) is 0 Å². The van der Waals surface area contributed by atoms with E-state index in [4.69, 9.17) is 5.73 Å². The van der Waals surface area contributed by atoms with Crippen LogP contribution in [0.15, 0.2) is 0 Å². The molecule has 0 unspecified atom stereocenters. The molecule has 1 aliphatic rings. The molecule has 7 nitrogen and oxygen atoms in total. The molecule has 1 aromatic heterocycles. The molecule has 118 valence electrons. The van der Waals surface area contributed by atoms with Crippen molar-refractivity contribution in [2.24, 2.45) is 5.92 Å². The van der Waals surface area contributed by atoms with Gasteiger partial charge in [-0.2, -0.15) is 15.0 Å². The fraction of sp³-hybridized carbons (Fsp3) is 0.786. The highest BCUT2D eigenvalue weighted by Gasteiger charge is 2.17. The quantitative estimate of drug-likeness (QED) is 0.811. The lowest BCUT2D eigenvalue weighted by atomic mass is 9.97. The lowest BCUT2D eigenvalue weighted by molar-refractivity contribution is 0.226. The third-order valence-corrected chi connectivity index (χ3v) is 4.07. The van der Waals surface area contributed by atoms with Gasteiger partial charge in [0.1, 0.15) is 0 Å². The maximum Gasteiger partial charge on any atom is 0.231 e. The summed E-state index contributed by atoms with van der Waals surface area (Å²) in [4.78, 5) is 17.3. The van der Waals surface area contributed by atoms with Crippen LogP contribution in [0.1, 0.15) is 26.7 Å². The van der Waals surface area contributed by atoms with Crippen molar-refractivity contribution < 1.29 is 0 Å². The van der Waals surface area contributed by atoms with Gasteiger partial charge in [0.05, 0.1) is 0 Å². The predicted octanol–water partition coefficient (Wildman–Crippen LogP) is 1.05. The Kier molecular flexibility index (Phi) is 5.55. The van der Waals surface area contributed by atoms with Gasteiger partial charge in [-0.3, -0.25) is 0 Å². The molecule has 2 rings (SSSR count). The van der Waals surface area contributed by atoms with E-state index < -0.39 is 0 Å². The fourth-order valence-corrected chi connectivity index (χ4v) is 2.61. The van der Waals surface area contributed by atoms with Crippen molar-refractivity contribution in [3.63, 3.8) is 0 Å². The molecule has 3 N–H and O–H groups in total. The van der Waals surface area contributed by atoms with Gasteiger partial charge in [0, 0.05) is 19.6 Å². The summed E-state index contributed by atoms with van der Waals surface area (Å²) >= 11 is 0. The average Bonchev–Trinajstić information content (AvgIpc) is 2.47. The maximum absolute atomic E-state index is 5.80. The second-order valence-corrected chi connectivity index (χ2v) is 5.62. The second kappa shape index (κ2) is 7.40. The Balaban J connectivity index is 1.96. The zero-order valence-electron chi connectivity index (χ0n) is 13.3. The van der Waals surface area contributed by atoms with Crippen LogP contribution in [-0.2, 0) is 0 Å². The van der Waals surface area contributed by atoms with Crippen LogP contribution in [0.4, 0.5) is 17.8 Å². The molecule has 2 heterocycles. The van der Waals surface area contributed by atoms with Gasteiger partial charge in [-0.25, -0.2) is 0 Å². The van der Waals surface area contributed by atoms with Crippen LogP contribution in [0.2, 0.25) is 0 Å². The monoisotopic (exact) mass is 293 g/mol. The van der Waals surface area contributed by atoms with Gasteiger partial charge in [-0.05, 0) is 52.7 Å². The van der Waals surface area contributed by atoms with E-state index in [0.29, 0.717) is 17.8 Å². The predicted molar refractivity (Wildman–Crippen MR) is 86.5 cm³/mol. The molecule has 0 radical (unpaired) electrons. The lowest BCUT2D eigenvalue weighted by Crippen LogP contribution is -2.33. The molecule has 0 amide bonds. The van der Waals surface area contributed by atoms with Gasteiger partial charge in [0.25, 0.3) is 0 Å². The third kappa shape index (κ3) is 4.42. The summed E-state index contributed by atoms with van der Waals surface area (Å²) in [6, 6.07) is 0. The normalized spacial score (nSPS) is 16.9. The van der Waals surface area contributed by atoms with E-state index in [9.17, 15) is 0 Å². The number of nitrogens with one attached hydrogen (secondary N) is 1. The molecule has 1 aliphatic heterocycles. The van der Waals surface area contributed by atoms with E-state index in [-0.39, 0.29) is 5.95 Å². The van der Waals surface area contributed by atoms with Crippen LogP contribution in [0.3, 0.4) is 0 Å². The van der Waals surface area contributed by atoms with E-state index in [1.807, 2.05) is 0 Å². The average molecular weight is 293 g/mol. The van der Waals surface area contributed by atoms with Gasteiger partial charge in [0.15, 0.2) is 0 Å². The highest BCUT2D eigenvalue weighted by molar-refractivity contribution is 5.41. The Hall–Kier alpha value is -1.63. The van der Waals surface area contributed by atoms with Crippen LogP contribution in [0.5, 0.6) is 0 Å². The molecule has 0 spiro atoms. The topological polar surface area (TPSA) is 83.2 Å². The minimum atomic E-state index is 0.276. The van der Waals surface area contributed by atoms with Crippen molar-refractivity contribution in [1.82, 2.24) is 19.9 Å². The Bertz CT molecular complexity index is 439. The van der Waals surface area contributed by atoms with Crippen LogP contribution >= 0.6 is 0 Å². The van der Waals surface area contributed by atoms with E-state index >= 15 is 0 Å². The van der Waals surface area contributed by atoms with Gasteiger partial charge >= 0.3 is 0 Å². The zero-order valence-corrected chi connectivity index (χ0v) is 13.3. The first kappa shape index (κ1) is 15.8. The number of hydrogen-bond donors (Lipinski definition) is 2. The summed E-state index contributed by atoms with van der Waals surface area (Å²) < 4.78 is 0. The van der Waals surface area contributed by atoms with Gasteiger partial charge in [-0.15, -0.1) is 0 Å². The molecule has 1 fully saturated rings. The van der Waals surface area contributed by atoms with E-state index in [1.54, 1.807) is 0 Å². The number of nitrogen functional groups attached to an aromatic ring is 1. The number of hydrogen-bond acceptors (Lipinski definition) is 7. The number of piperidine rings is 1. The summed E-state index contributed by atoms with van der Waals surface area (Å²) in [5.41, 5.74) is 5.80. The maximum atomic E-state index is 5.80. The summed E-state index contributed by atoms with van der Waals surface area (Å²) in [7, 11) is 2.17. The number of aromatic nitrogens is 3. The molecular formula is C14H27N7. The van der Waals surface area contributed by atoms with E-state index in [0.717, 1.165) is 32.7 Å². The molecule has 1 saturated heterocycles. The molecule has 0 aromatic carbocycles. The van der Waals surface area contributed by atoms with Crippen LogP contribution in [0, 0.1) is 5.92 Å². The van der Waals surface area contributed by atoms with Crippen LogP contribution in [-0.4, -0.2) is 59.6 Å². The first-order chi connectivity index (χ1) is 10.1. The number of anilines is 3. The molecule has 0 saturated carbocycles. The van der Waals surface area contributed by atoms with Gasteiger partial charge < -0.3 is 20.9 Å². The minimum Gasteiger partial charge on any atom is -0.368 e. The van der Waals surface area contributed by atoms with Crippen LogP contribution in [0.25, 0.3) is 0 Å². The number of nitrogens with two attached hydrogens (primary N) is 1.